The first kappa shape index (κ1) is 25.4. The molecule has 6 aromatic rings. The number of halogens is 2. The number of aromatic nitrogens is 1. The van der Waals surface area contributed by atoms with Gasteiger partial charge in [0.15, 0.2) is 0 Å². The molecule has 0 fully saturated rings. The molecular weight excluding hydrogens is 486 g/mol. The summed E-state index contributed by atoms with van der Waals surface area (Å²) in [5, 5.41) is 2.09. The first-order valence-electron chi connectivity index (χ1n) is 12.8. The molecule has 6 rings (SSSR count). The molecule has 2 nitrogen and oxygen atoms in total. The van der Waals surface area contributed by atoms with E-state index in [-0.39, 0.29) is 11.4 Å². The molecule has 39 heavy (non-hydrogen) atoms. The van der Waals surface area contributed by atoms with Gasteiger partial charge >= 0.3 is 0 Å². The fraction of sp³-hybridized carbons (Fsp3) is 0.182. The van der Waals surface area contributed by atoms with Crippen LogP contribution in [-0.2, 0) is 5.21 Å². The Kier molecular flexibility index (Phi) is 5.73. The molecular formula is C33H25B2F2NO. The number of hydrogen-bond donors (Lipinski definition) is 0. The molecule has 0 unspecified atom stereocenters. The predicted molar refractivity (Wildman–Crippen MR) is 157 cm³/mol. The molecule has 4 radical (unpaired) electrons. The van der Waals surface area contributed by atoms with Gasteiger partial charge in [0, 0.05) is 16.3 Å². The first-order chi connectivity index (χ1) is 18.5. The van der Waals surface area contributed by atoms with Gasteiger partial charge in [-0.05, 0) is 58.5 Å². The minimum atomic E-state index is -1.44. The van der Waals surface area contributed by atoms with E-state index < -0.39 is 16.4 Å². The van der Waals surface area contributed by atoms with Gasteiger partial charge in [-0.2, -0.15) is 0 Å². The number of fused-ring (bicyclic) bond motifs is 4. The van der Waals surface area contributed by atoms with E-state index in [0.717, 1.165) is 38.9 Å². The second-order valence-electron chi connectivity index (χ2n) is 11.3. The Labute approximate surface area is 228 Å². The standard InChI is InChI=1S/C33H25B2F2NO/c1-18-11-12-20-19(15-18)7-5-8-21(20)29-26(36)14-13-23-22-9-6-10-24(30(22)39-31(23)29)28-16-25(27(37)17-38-28)33(34,35)32(2,3)4/h5-17H,1-4H3. The summed E-state index contributed by atoms with van der Waals surface area (Å²) in [5.74, 6) is -0.953. The topological polar surface area (TPSA) is 26.0 Å². The van der Waals surface area contributed by atoms with Gasteiger partial charge in [-0.25, -0.2) is 8.78 Å². The maximum atomic E-state index is 15.6. The first-order valence-corrected chi connectivity index (χ1v) is 12.8. The van der Waals surface area contributed by atoms with Crippen molar-refractivity contribution in [1.29, 1.82) is 0 Å². The number of rotatable bonds is 3. The summed E-state index contributed by atoms with van der Waals surface area (Å²) < 4.78 is 37.0. The zero-order valence-electron chi connectivity index (χ0n) is 22.3. The van der Waals surface area contributed by atoms with E-state index in [1.165, 1.54) is 6.07 Å². The molecule has 0 saturated carbocycles. The zero-order valence-corrected chi connectivity index (χ0v) is 22.3. The van der Waals surface area contributed by atoms with Crippen LogP contribution in [0.15, 0.2) is 83.4 Å². The highest BCUT2D eigenvalue weighted by Gasteiger charge is 2.36. The van der Waals surface area contributed by atoms with Crippen molar-refractivity contribution in [2.24, 2.45) is 5.41 Å². The summed E-state index contributed by atoms with van der Waals surface area (Å²) in [6.07, 6.45) is 1.13. The van der Waals surface area contributed by atoms with Crippen LogP contribution in [0.4, 0.5) is 8.78 Å². The van der Waals surface area contributed by atoms with Crippen molar-refractivity contribution in [3.05, 3.63) is 102 Å². The average Bonchev–Trinajstić information content (AvgIpc) is 3.26. The molecule has 0 aliphatic rings. The molecule has 4 aromatic carbocycles. The highest BCUT2D eigenvalue weighted by atomic mass is 19.1. The van der Waals surface area contributed by atoms with Gasteiger partial charge in [0.25, 0.3) is 0 Å². The number of nitrogens with zero attached hydrogens (tertiary/aromatic N) is 1. The molecule has 2 aromatic heterocycles. The van der Waals surface area contributed by atoms with Gasteiger partial charge in [-0.1, -0.05) is 80.1 Å². The third-order valence-corrected chi connectivity index (χ3v) is 7.74. The van der Waals surface area contributed by atoms with Gasteiger partial charge < -0.3 is 4.42 Å². The van der Waals surface area contributed by atoms with E-state index >= 15 is 4.39 Å². The van der Waals surface area contributed by atoms with Crippen LogP contribution in [0, 0.1) is 24.0 Å². The van der Waals surface area contributed by atoms with Crippen molar-refractivity contribution in [2.45, 2.75) is 32.9 Å². The van der Waals surface area contributed by atoms with Gasteiger partial charge in [-0.3, -0.25) is 4.98 Å². The van der Waals surface area contributed by atoms with Crippen LogP contribution in [0.5, 0.6) is 0 Å². The summed E-state index contributed by atoms with van der Waals surface area (Å²) in [6.45, 7) is 7.61. The van der Waals surface area contributed by atoms with Crippen molar-refractivity contribution in [1.82, 2.24) is 4.98 Å². The lowest BCUT2D eigenvalue weighted by Crippen LogP contribution is -2.42. The number of hydrogen-bond acceptors (Lipinski definition) is 2. The Bertz CT molecular complexity index is 1920. The van der Waals surface area contributed by atoms with Crippen LogP contribution in [0.2, 0.25) is 0 Å². The molecule has 0 spiro atoms. The van der Waals surface area contributed by atoms with Crippen LogP contribution in [-0.4, -0.2) is 20.7 Å². The number of benzene rings is 4. The van der Waals surface area contributed by atoms with Crippen LogP contribution >= 0.6 is 0 Å². The Morgan fingerprint density at radius 1 is 0.744 bits per heavy atom. The molecule has 0 atom stereocenters. The Balaban J connectivity index is 1.62. The molecule has 2 heterocycles. The van der Waals surface area contributed by atoms with Gasteiger partial charge in [0.1, 0.15) is 22.8 Å². The summed E-state index contributed by atoms with van der Waals surface area (Å²) in [5.41, 5.74) is 3.87. The van der Waals surface area contributed by atoms with E-state index in [1.807, 2.05) is 76.2 Å². The summed E-state index contributed by atoms with van der Waals surface area (Å²) >= 11 is 0. The Morgan fingerprint density at radius 3 is 2.21 bits per heavy atom. The fourth-order valence-electron chi connectivity index (χ4n) is 5.22. The van der Waals surface area contributed by atoms with Crippen molar-refractivity contribution in [2.75, 3.05) is 0 Å². The summed E-state index contributed by atoms with van der Waals surface area (Å²) in [4.78, 5) is 4.35. The molecule has 188 valence electrons. The zero-order chi connectivity index (χ0) is 27.7. The lowest BCUT2D eigenvalue weighted by atomic mass is 9.41. The van der Waals surface area contributed by atoms with E-state index in [1.54, 1.807) is 12.1 Å². The molecule has 0 N–H and O–H groups in total. The molecule has 0 bridgehead atoms. The normalized spacial score (nSPS) is 12.6. The predicted octanol–water partition coefficient (Wildman–Crippen LogP) is 8.59. The molecule has 0 aliphatic carbocycles. The lowest BCUT2D eigenvalue weighted by molar-refractivity contribution is 0.349. The third kappa shape index (κ3) is 3.96. The summed E-state index contributed by atoms with van der Waals surface area (Å²) in [7, 11) is 12.9. The smallest absolute Gasteiger partial charge is 0.146 e. The minimum absolute atomic E-state index is 0.158. The molecule has 0 amide bonds. The number of furan rings is 1. The van der Waals surface area contributed by atoms with Crippen molar-refractivity contribution < 1.29 is 13.2 Å². The second kappa shape index (κ2) is 8.81. The number of pyridine rings is 1. The van der Waals surface area contributed by atoms with Gasteiger partial charge in [0.2, 0.25) is 0 Å². The molecule has 6 heteroatoms. The SMILES string of the molecule is [B]C([B])(c1cc(-c2cccc3c2oc2c(-c4cccc5cc(C)ccc45)c(F)ccc23)ncc1F)C(C)(C)C. The van der Waals surface area contributed by atoms with Crippen LogP contribution in [0.3, 0.4) is 0 Å². The molecule has 0 saturated heterocycles. The van der Waals surface area contributed by atoms with E-state index in [4.69, 9.17) is 20.1 Å². The maximum absolute atomic E-state index is 15.6. The van der Waals surface area contributed by atoms with Crippen LogP contribution in [0.25, 0.3) is 55.1 Å². The van der Waals surface area contributed by atoms with Gasteiger partial charge in [-0.15, -0.1) is 0 Å². The fourth-order valence-corrected chi connectivity index (χ4v) is 5.22. The maximum Gasteiger partial charge on any atom is 0.146 e. The largest absolute Gasteiger partial charge is 0.455 e. The monoisotopic (exact) mass is 511 g/mol. The second-order valence-corrected chi connectivity index (χ2v) is 11.3. The quantitative estimate of drug-likeness (QED) is 0.223. The lowest BCUT2D eigenvalue weighted by Gasteiger charge is -2.41. The number of para-hydroxylation sites is 1. The van der Waals surface area contributed by atoms with E-state index in [9.17, 15) is 4.39 Å². The van der Waals surface area contributed by atoms with E-state index in [2.05, 4.69) is 11.1 Å². The van der Waals surface area contributed by atoms with Crippen molar-refractivity contribution in [3.8, 4) is 22.4 Å². The molecule has 0 aliphatic heterocycles. The van der Waals surface area contributed by atoms with Crippen LogP contribution < -0.4 is 0 Å². The van der Waals surface area contributed by atoms with Crippen molar-refractivity contribution in [3.63, 3.8) is 0 Å². The van der Waals surface area contributed by atoms with Crippen LogP contribution in [0.1, 0.15) is 31.9 Å². The third-order valence-electron chi connectivity index (χ3n) is 7.74. The average molecular weight is 511 g/mol. The highest BCUT2D eigenvalue weighted by molar-refractivity contribution is 6.40. The van der Waals surface area contributed by atoms with Gasteiger partial charge in [0.05, 0.1) is 33.1 Å². The highest BCUT2D eigenvalue weighted by Crippen LogP contribution is 2.43. The number of aryl methyl sites for hydroxylation is 1. The Hall–Kier alpha value is -3.92. The Morgan fingerprint density at radius 2 is 1.44 bits per heavy atom. The van der Waals surface area contributed by atoms with Crippen molar-refractivity contribution >= 4 is 48.4 Å². The summed E-state index contributed by atoms with van der Waals surface area (Å²) in [6, 6.07) is 22.4. The minimum Gasteiger partial charge on any atom is -0.455 e. The van der Waals surface area contributed by atoms with E-state index in [0.29, 0.717) is 28.0 Å².